The Morgan fingerprint density at radius 1 is 1.14 bits per heavy atom. The van der Waals surface area contributed by atoms with Gasteiger partial charge in [-0.25, -0.2) is 0 Å². The number of hydrogen-bond acceptors (Lipinski definition) is 3. The van der Waals surface area contributed by atoms with Crippen molar-refractivity contribution >= 4 is 0 Å². The number of ether oxygens (including phenoxy) is 2. The monoisotopic (exact) mass is 291 g/mol. The fraction of sp³-hybridized carbons (Fsp3) is 0.667. The molecule has 1 saturated carbocycles. The summed E-state index contributed by atoms with van der Waals surface area (Å²) in [6, 6.07) is 6.02. The summed E-state index contributed by atoms with van der Waals surface area (Å²) in [5, 5.41) is 0. The van der Waals surface area contributed by atoms with Gasteiger partial charge in [-0.3, -0.25) is 0 Å². The molecule has 0 amide bonds. The van der Waals surface area contributed by atoms with Gasteiger partial charge >= 0.3 is 0 Å². The summed E-state index contributed by atoms with van der Waals surface area (Å²) in [5.41, 5.74) is 8.06. The van der Waals surface area contributed by atoms with Gasteiger partial charge in [0, 0.05) is 17.7 Å². The van der Waals surface area contributed by atoms with Gasteiger partial charge in [0.05, 0.1) is 14.2 Å². The van der Waals surface area contributed by atoms with Crippen LogP contribution in [-0.2, 0) is 0 Å². The van der Waals surface area contributed by atoms with Crippen LogP contribution in [0.1, 0.15) is 57.6 Å². The zero-order valence-electron chi connectivity index (χ0n) is 13.8. The molecular weight excluding hydrogens is 262 g/mol. The Morgan fingerprint density at radius 2 is 1.81 bits per heavy atom. The number of rotatable bonds is 6. The van der Waals surface area contributed by atoms with Gasteiger partial charge in [-0.15, -0.1) is 0 Å². The second-order valence-corrected chi connectivity index (χ2v) is 6.75. The maximum absolute atomic E-state index is 6.73. The number of hydrogen-bond donors (Lipinski definition) is 1. The summed E-state index contributed by atoms with van der Waals surface area (Å²) in [6.07, 6.45) is 6.21. The van der Waals surface area contributed by atoms with Crippen LogP contribution in [-0.4, -0.2) is 14.2 Å². The molecule has 0 spiro atoms. The van der Waals surface area contributed by atoms with Crippen molar-refractivity contribution in [2.24, 2.45) is 17.1 Å². The second kappa shape index (κ2) is 6.69. The van der Waals surface area contributed by atoms with Crippen LogP contribution >= 0.6 is 0 Å². The largest absolute Gasteiger partial charge is 0.497 e. The molecule has 0 aliphatic heterocycles. The van der Waals surface area contributed by atoms with E-state index in [1.807, 2.05) is 12.1 Å². The molecule has 0 saturated heterocycles. The summed E-state index contributed by atoms with van der Waals surface area (Å²) >= 11 is 0. The first-order chi connectivity index (χ1) is 10.0. The van der Waals surface area contributed by atoms with Crippen molar-refractivity contribution in [3.05, 3.63) is 23.8 Å². The Bertz CT molecular complexity index is 464. The Morgan fingerprint density at radius 3 is 2.33 bits per heavy atom. The van der Waals surface area contributed by atoms with Crippen LogP contribution in [0.4, 0.5) is 0 Å². The van der Waals surface area contributed by atoms with Crippen LogP contribution in [0.2, 0.25) is 0 Å². The predicted octanol–water partition coefficient (Wildman–Crippen LogP) is 4.31. The lowest BCUT2D eigenvalue weighted by Gasteiger charge is -2.37. The average Bonchev–Trinajstić information content (AvgIpc) is 2.94. The molecule has 1 aliphatic carbocycles. The average molecular weight is 291 g/mol. The van der Waals surface area contributed by atoms with Gasteiger partial charge in [0.25, 0.3) is 0 Å². The molecule has 1 aliphatic rings. The first-order valence-electron chi connectivity index (χ1n) is 8.00. The summed E-state index contributed by atoms with van der Waals surface area (Å²) in [4.78, 5) is 0. The van der Waals surface area contributed by atoms with Gasteiger partial charge in [-0.1, -0.05) is 32.8 Å². The lowest BCUT2D eigenvalue weighted by molar-refractivity contribution is 0.180. The van der Waals surface area contributed by atoms with Gasteiger partial charge in [0.2, 0.25) is 0 Å². The van der Waals surface area contributed by atoms with Gasteiger partial charge in [0.1, 0.15) is 11.5 Å². The van der Waals surface area contributed by atoms with E-state index >= 15 is 0 Å². The molecule has 3 nitrogen and oxygen atoms in total. The fourth-order valence-electron chi connectivity index (χ4n) is 3.94. The van der Waals surface area contributed by atoms with Crippen molar-refractivity contribution in [2.75, 3.05) is 14.2 Å². The summed E-state index contributed by atoms with van der Waals surface area (Å²) in [5.74, 6) is 2.32. The Labute approximate surface area is 128 Å². The highest BCUT2D eigenvalue weighted by Crippen LogP contribution is 2.52. The molecule has 1 aromatic carbocycles. The molecule has 1 fully saturated rings. The molecular formula is C18H29NO2. The highest BCUT2D eigenvalue weighted by molar-refractivity contribution is 5.43. The summed E-state index contributed by atoms with van der Waals surface area (Å²) in [7, 11) is 3.38. The number of nitrogens with two attached hydrogens (primary N) is 1. The molecule has 1 atom stereocenters. The van der Waals surface area contributed by atoms with Crippen molar-refractivity contribution in [3.63, 3.8) is 0 Å². The molecule has 21 heavy (non-hydrogen) atoms. The van der Waals surface area contributed by atoms with E-state index in [1.165, 1.54) is 32.1 Å². The molecule has 0 heterocycles. The normalized spacial score (nSPS) is 18.8. The van der Waals surface area contributed by atoms with Crippen LogP contribution in [0.3, 0.4) is 0 Å². The fourth-order valence-corrected chi connectivity index (χ4v) is 3.94. The predicted molar refractivity (Wildman–Crippen MR) is 86.8 cm³/mol. The molecule has 0 radical (unpaired) electrons. The summed E-state index contributed by atoms with van der Waals surface area (Å²) in [6.45, 7) is 4.58. The lowest BCUT2D eigenvalue weighted by atomic mass is 9.70. The van der Waals surface area contributed by atoms with Gasteiger partial charge in [0.15, 0.2) is 0 Å². The first kappa shape index (κ1) is 16.2. The molecule has 0 bridgehead atoms. The molecule has 0 aromatic heterocycles. The quantitative estimate of drug-likeness (QED) is 0.849. The smallest absolute Gasteiger partial charge is 0.127 e. The van der Waals surface area contributed by atoms with Gasteiger partial charge in [-0.2, -0.15) is 0 Å². The summed E-state index contributed by atoms with van der Waals surface area (Å²) < 4.78 is 10.8. The molecule has 1 aromatic rings. The van der Waals surface area contributed by atoms with Gasteiger partial charge < -0.3 is 15.2 Å². The standard InChI is InChI=1S/C18H29NO2/c1-13(2)12-18(9-5-6-10-18)17(19)15-8-7-14(20-3)11-16(15)21-4/h7-8,11,13,17H,5-6,9-10,12,19H2,1-4H3. The van der Waals surface area contributed by atoms with Crippen LogP contribution in [0.25, 0.3) is 0 Å². The zero-order valence-corrected chi connectivity index (χ0v) is 13.8. The Kier molecular flexibility index (Phi) is 5.15. The van der Waals surface area contributed by atoms with E-state index in [-0.39, 0.29) is 11.5 Å². The van der Waals surface area contributed by atoms with Crippen molar-refractivity contribution < 1.29 is 9.47 Å². The maximum atomic E-state index is 6.73. The highest BCUT2D eigenvalue weighted by atomic mass is 16.5. The minimum atomic E-state index is 0.0308. The molecule has 2 rings (SSSR count). The SMILES string of the molecule is COc1ccc(C(N)C2(CC(C)C)CCCC2)c(OC)c1. The molecule has 118 valence electrons. The van der Waals surface area contributed by atoms with E-state index in [4.69, 9.17) is 15.2 Å². The van der Waals surface area contributed by atoms with E-state index in [0.29, 0.717) is 5.92 Å². The molecule has 2 N–H and O–H groups in total. The van der Waals surface area contributed by atoms with Crippen molar-refractivity contribution in [2.45, 2.75) is 52.0 Å². The van der Waals surface area contributed by atoms with E-state index in [9.17, 15) is 0 Å². The van der Waals surface area contributed by atoms with Crippen LogP contribution < -0.4 is 15.2 Å². The van der Waals surface area contributed by atoms with Crippen LogP contribution in [0.5, 0.6) is 11.5 Å². The Balaban J connectivity index is 2.34. The maximum Gasteiger partial charge on any atom is 0.127 e. The third-order valence-corrected chi connectivity index (χ3v) is 4.85. The van der Waals surface area contributed by atoms with Gasteiger partial charge in [-0.05, 0) is 36.7 Å². The molecule has 1 unspecified atom stereocenters. The lowest BCUT2D eigenvalue weighted by Crippen LogP contribution is -2.34. The zero-order chi connectivity index (χ0) is 15.5. The van der Waals surface area contributed by atoms with Crippen LogP contribution in [0.15, 0.2) is 18.2 Å². The van der Waals surface area contributed by atoms with Crippen molar-refractivity contribution in [3.8, 4) is 11.5 Å². The van der Waals surface area contributed by atoms with E-state index in [1.54, 1.807) is 14.2 Å². The highest BCUT2D eigenvalue weighted by Gasteiger charge is 2.41. The minimum Gasteiger partial charge on any atom is -0.497 e. The van der Waals surface area contributed by atoms with E-state index in [2.05, 4.69) is 19.9 Å². The number of methoxy groups -OCH3 is 2. The van der Waals surface area contributed by atoms with Crippen LogP contribution in [0, 0.1) is 11.3 Å². The topological polar surface area (TPSA) is 44.5 Å². The second-order valence-electron chi connectivity index (χ2n) is 6.75. The third kappa shape index (κ3) is 3.34. The Hall–Kier alpha value is -1.22. The minimum absolute atomic E-state index is 0.0308. The van der Waals surface area contributed by atoms with Crippen molar-refractivity contribution in [1.82, 2.24) is 0 Å². The van der Waals surface area contributed by atoms with E-state index < -0.39 is 0 Å². The van der Waals surface area contributed by atoms with E-state index in [0.717, 1.165) is 17.1 Å². The molecule has 3 heteroatoms. The third-order valence-electron chi connectivity index (χ3n) is 4.85. The van der Waals surface area contributed by atoms with Crippen molar-refractivity contribution in [1.29, 1.82) is 0 Å². The first-order valence-corrected chi connectivity index (χ1v) is 8.00. The number of benzene rings is 1.